The van der Waals surface area contributed by atoms with Crippen molar-refractivity contribution in [1.29, 1.82) is 0 Å². The van der Waals surface area contributed by atoms with Crippen molar-refractivity contribution in [2.24, 2.45) is 16.7 Å². The Labute approximate surface area is 193 Å². The third kappa shape index (κ3) is 3.63. The molecule has 7 nitrogen and oxygen atoms in total. The van der Waals surface area contributed by atoms with Gasteiger partial charge in [-0.3, -0.25) is 4.98 Å². The summed E-state index contributed by atoms with van der Waals surface area (Å²) in [5.41, 5.74) is -1.20. The second kappa shape index (κ2) is 8.22. The highest BCUT2D eigenvalue weighted by Gasteiger charge is 2.68. The van der Waals surface area contributed by atoms with Crippen LogP contribution in [0.15, 0.2) is 60.0 Å². The Bertz CT molecular complexity index is 1040. The van der Waals surface area contributed by atoms with Gasteiger partial charge in [-0.25, -0.2) is 9.59 Å². The SMILES string of the molecule is CC1=CCC[C@H]2[C@@]1(C)C(OC(=O)c1cccnc1)C(O)[C@](C)(O)[C@]2(C)C=CC1=CC(=O)OC1. The lowest BCUT2D eigenvalue weighted by atomic mass is 9.44. The highest BCUT2D eigenvalue weighted by Crippen LogP contribution is 2.63. The Morgan fingerprint density at radius 3 is 2.73 bits per heavy atom. The number of ether oxygens (including phenoxy) is 2. The first-order valence-corrected chi connectivity index (χ1v) is 11.3. The number of esters is 2. The summed E-state index contributed by atoms with van der Waals surface area (Å²) in [6.07, 6.45) is 9.45. The molecule has 3 aliphatic rings. The van der Waals surface area contributed by atoms with Crippen LogP contribution in [-0.4, -0.2) is 51.6 Å². The van der Waals surface area contributed by atoms with Crippen molar-refractivity contribution >= 4 is 11.9 Å². The highest BCUT2D eigenvalue weighted by atomic mass is 16.6. The maximum atomic E-state index is 12.9. The largest absolute Gasteiger partial charge is 0.458 e. The van der Waals surface area contributed by atoms with Gasteiger partial charge >= 0.3 is 11.9 Å². The van der Waals surface area contributed by atoms with Crippen LogP contribution in [0.5, 0.6) is 0 Å². The molecule has 2 heterocycles. The fourth-order valence-electron chi connectivity index (χ4n) is 5.80. The quantitative estimate of drug-likeness (QED) is 0.533. The van der Waals surface area contributed by atoms with Gasteiger partial charge in [-0.15, -0.1) is 0 Å². The van der Waals surface area contributed by atoms with E-state index in [9.17, 15) is 19.8 Å². The highest BCUT2D eigenvalue weighted by molar-refractivity contribution is 5.89. The zero-order valence-electron chi connectivity index (χ0n) is 19.4. The van der Waals surface area contributed by atoms with Gasteiger partial charge in [0.25, 0.3) is 0 Å². The molecule has 0 aromatic carbocycles. The molecule has 1 aliphatic heterocycles. The van der Waals surface area contributed by atoms with Gasteiger partial charge in [0.15, 0.2) is 0 Å². The Morgan fingerprint density at radius 1 is 1.33 bits per heavy atom. The number of pyridine rings is 1. The number of hydrogen-bond donors (Lipinski definition) is 2. The van der Waals surface area contributed by atoms with E-state index in [4.69, 9.17) is 9.47 Å². The first kappa shape index (κ1) is 23.4. The average molecular weight is 454 g/mol. The number of aliphatic hydroxyl groups excluding tert-OH is 1. The first-order chi connectivity index (χ1) is 15.5. The summed E-state index contributed by atoms with van der Waals surface area (Å²) in [5, 5.41) is 23.2. The van der Waals surface area contributed by atoms with Crippen LogP contribution in [0.1, 0.15) is 50.9 Å². The van der Waals surface area contributed by atoms with Crippen LogP contribution in [0.4, 0.5) is 0 Å². The Kier molecular flexibility index (Phi) is 5.83. The molecule has 7 heteroatoms. The number of cyclic esters (lactones) is 1. The number of fused-ring (bicyclic) bond motifs is 1. The van der Waals surface area contributed by atoms with E-state index < -0.39 is 34.6 Å². The molecule has 0 radical (unpaired) electrons. The molecule has 2 aliphatic carbocycles. The van der Waals surface area contributed by atoms with E-state index in [-0.39, 0.29) is 24.1 Å². The molecule has 0 bridgehead atoms. The van der Waals surface area contributed by atoms with E-state index in [0.717, 1.165) is 18.4 Å². The molecule has 33 heavy (non-hydrogen) atoms. The molecule has 0 spiro atoms. The Balaban J connectivity index is 1.76. The molecule has 6 atom stereocenters. The normalized spacial score (nSPS) is 38.4. The van der Waals surface area contributed by atoms with Gasteiger partial charge in [0, 0.05) is 29.3 Å². The topological polar surface area (TPSA) is 106 Å². The number of carbonyl (C=O) groups is 2. The van der Waals surface area contributed by atoms with Gasteiger partial charge in [-0.05, 0) is 50.3 Å². The van der Waals surface area contributed by atoms with Gasteiger partial charge in [0.2, 0.25) is 0 Å². The van der Waals surface area contributed by atoms with E-state index in [0.29, 0.717) is 5.57 Å². The molecule has 2 N–H and O–H groups in total. The van der Waals surface area contributed by atoms with Crippen molar-refractivity contribution in [3.05, 3.63) is 65.5 Å². The maximum Gasteiger partial charge on any atom is 0.340 e. The molecule has 1 saturated carbocycles. The minimum Gasteiger partial charge on any atom is -0.458 e. The molecular formula is C26H31NO6. The van der Waals surface area contributed by atoms with Crippen LogP contribution in [-0.2, 0) is 14.3 Å². The number of rotatable bonds is 4. The Hall–Kier alpha value is -2.77. The number of carbonyl (C=O) groups excluding carboxylic acids is 2. The standard InChI is InChI=1S/C26H31NO6/c1-16-7-5-9-19-24(2,11-10-17-13-20(28)32-15-17)26(4,31)21(29)22(25(16,19)3)33-23(30)18-8-6-12-27-14-18/h6-8,10-14,19,21-22,29,31H,5,9,15H2,1-4H3/t19-,21?,22?,24-,25+,26+/m1/s1. The summed E-state index contributed by atoms with van der Waals surface area (Å²) in [6.45, 7) is 7.68. The molecular weight excluding hydrogens is 422 g/mol. The van der Waals surface area contributed by atoms with Crippen LogP contribution in [0, 0.1) is 16.7 Å². The summed E-state index contributed by atoms with van der Waals surface area (Å²) in [7, 11) is 0. The zero-order chi connectivity index (χ0) is 24.0. The van der Waals surface area contributed by atoms with E-state index >= 15 is 0 Å². The third-order valence-electron chi connectivity index (χ3n) is 8.21. The predicted molar refractivity (Wildman–Crippen MR) is 121 cm³/mol. The molecule has 1 fully saturated rings. The lowest BCUT2D eigenvalue weighted by Gasteiger charge is -2.64. The summed E-state index contributed by atoms with van der Waals surface area (Å²) in [6, 6.07) is 3.26. The number of nitrogens with zero attached hydrogens (tertiary/aromatic N) is 1. The molecule has 1 aromatic rings. The van der Waals surface area contributed by atoms with E-state index in [2.05, 4.69) is 11.1 Å². The molecule has 176 valence electrons. The van der Waals surface area contributed by atoms with Crippen molar-refractivity contribution in [2.75, 3.05) is 6.61 Å². The summed E-state index contributed by atoms with van der Waals surface area (Å²) in [4.78, 5) is 28.4. The summed E-state index contributed by atoms with van der Waals surface area (Å²) < 4.78 is 10.9. The van der Waals surface area contributed by atoms with E-state index in [1.165, 1.54) is 12.3 Å². The number of aromatic nitrogens is 1. The fraction of sp³-hybridized carbons (Fsp3) is 0.500. The summed E-state index contributed by atoms with van der Waals surface area (Å²) in [5.74, 6) is -1.12. The minimum atomic E-state index is -1.62. The third-order valence-corrected chi connectivity index (χ3v) is 8.21. The molecule has 1 aromatic heterocycles. The van der Waals surface area contributed by atoms with Crippen LogP contribution in [0.25, 0.3) is 0 Å². The number of allylic oxidation sites excluding steroid dienone is 1. The van der Waals surface area contributed by atoms with Crippen molar-refractivity contribution < 1.29 is 29.3 Å². The molecule has 2 unspecified atom stereocenters. The van der Waals surface area contributed by atoms with Gasteiger partial charge < -0.3 is 19.7 Å². The smallest absolute Gasteiger partial charge is 0.340 e. The minimum absolute atomic E-state index is 0.144. The predicted octanol–water partition coefficient (Wildman–Crippen LogP) is 3.14. The van der Waals surface area contributed by atoms with Crippen molar-refractivity contribution in [1.82, 2.24) is 4.98 Å². The first-order valence-electron chi connectivity index (χ1n) is 11.3. The van der Waals surface area contributed by atoms with Gasteiger partial charge in [0.1, 0.15) is 24.4 Å². The second-order valence-corrected chi connectivity index (χ2v) is 9.90. The summed E-state index contributed by atoms with van der Waals surface area (Å²) >= 11 is 0. The number of aliphatic hydroxyl groups is 2. The van der Waals surface area contributed by atoms with E-state index in [1.54, 1.807) is 31.3 Å². The van der Waals surface area contributed by atoms with Crippen LogP contribution in [0.3, 0.4) is 0 Å². The van der Waals surface area contributed by atoms with E-state index in [1.807, 2.05) is 26.8 Å². The second-order valence-electron chi connectivity index (χ2n) is 9.90. The average Bonchev–Trinajstić information content (AvgIpc) is 3.21. The lowest BCUT2D eigenvalue weighted by Crippen LogP contribution is -2.71. The molecule has 0 saturated heterocycles. The van der Waals surface area contributed by atoms with Crippen LogP contribution >= 0.6 is 0 Å². The lowest BCUT2D eigenvalue weighted by molar-refractivity contribution is -0.251. The number of hydrogen-bond acceptors (Lipinski definition) is 7. The molecule has 4 rings (SSSR count). The monoisotopic (exact) mass is 453 g/mol. The van der Waals surface area contributed by atoms with Crippen molar-refractivity contribution in [2.45, 2.75) is 58.3 Å². The fourth-order valence-corrected chi connectivity index (χ4v) is 5.80. The van der Waals surface area contributed by atoms with Gasteiger partial charge in [-0.2, -0.15) is 0 Å². The van der Waals surface area contributed by atoms with Crippen LogP contribution < -0.4 is 0 Å². The zero-order valence-corrected chi connectivity index (χ0v) is 19.4. The van der Waals surface area contributed by atoms with Gasteiger partial charge in [0.05, 0.1) is 5.56 Å². The maximum absolute atomic E-state index is 12.9. The van der Waals surface area contributed by atoms with Gasteiger partial charge in [-0.1, -0.05) is 37.6 Å². The van der Waals surface area contributed by atoms with Crippen molar-refractivity contribution in [3.63, 3.8) is 0 Å². The Morgan fingerprint density at radius 2 is 2.09 bits per heavy atom. The van der Waals surface area contributed by atoms with Crippen molar-refractivity contribution in [3.8, 4) is 0 Å². The molecule has 0 amide bonds. The van der Waals surface area contributed by atoms with Crippen LogP contribution in [0.2, 0.25) is 0 Å².